The fourth-order valence-electron chi connectivity index (χ4n) is 3.16. The number of aryl methyl sites for hydroxylation is 2. The lowest BCUT2D eigenvalue weighted by atomic mass is 10.1. The number of nitrogens with one attached hydrogen (secondary N) is 2. The number of hydrogen-bond acceptors (Lipinski definition) is 6. The fourth-order valence-corrected chi connectivity index (χ4v) is 3.16. The summed E-state index contributed by atoms with van der Waals surface area (Å²) >= 11 is 0. The highest BCUT2D eigenvalue weighted by atomic mass is 16.6. The number of nitrogens with zero attached hydrogens (tertiary/aromatic N) is 2. The number of aromatic nitrogens is 2. The molecule has 1 aliphatic heterocycles. The molecular weight excluding hydrogens is 368 g/mol. The van der Waals surface area contributed by atoms with Gasteiger partial charge in [-0.3, -0.25) is 4.79 Å². The van der Waals surface area contributed by atoms with Crippen molar-refractivity contribution in [2.45, 2.75) is 20.3 Å². The predicted molar refractivity (Wildman–Crippen MR) is 111 cm³/mol. The smallest absolute Gasteiger partial charge is 0.275 e. The Kier molecular flexibility index (Phi) is 5.29. The third-order valence-electron chi connectivity index (χ3n) is 4.68. The molecule has 4 rings (SSSR count). The highest BCUT2D eigenvalue weighted by molar-refractivity contribution is 6.03. The molecule has 1 amide bonds. The summed E-state index contributed by atoms with van der Waals surface area (Å²) in [5.74, 6) is 1.66. The van der Waals surface area contributed by atoms with Crippen LogP contribution in [0.3, 0.4) is 0 Å². The zero-order valence-corrected chi connectivity index (χ0v) is 16.4. The molecule has 0 fully saturated rings. The predicted octanol–water partition coefficient (Wildman–Crippen LogP) is 4.11. The van der Waals surface area contributed by atoms with E-state index < -0.39 is 0 Å². The number of anilines is 3. The molecule has 0 bridgehead atoms. The molecule has 0 unspecified atom stereocenters. The molecule has 2 aromatic carbocycles. The molecule has 2 heterocycles. The second-order valence-corrected chi connectivity index (χ2v) is 6.69. The molecule has 148 valence electrons. The van der Waals surface area contributed by atoms with E-state index in [4.69, 9.17) is 9.47 Å². The van der Waals surface area contributed by atoms with Crippen molar-refractivity contribution in [3.63, 3.8) is 0 Å². The van der Waals surface area contributed by atoms with Gasteiger partial charge in [-0.05, 0) is 36.6 Å². The first-order chi connectivity index (χ1) is 14.1. The van der Waals surface area contributed by atoms with Crippen molar-refractivity contribution in [1.82, 2.24) is 9.97 Å². The highest BCUT2D eigenvalue weighted by Gasteiger charge is 2.14. The van der Waals surface area contributed by atoms with Crippen LogP contribution in [-0.4, -0.2) is 29.1 Å². The molecule has 0 spiro atoms. The quantitative estimate of drug-likeness (QED) is 0.682. The number of amides is 1. The molecule has 0 aliphatic carbocycles. The number of hydrogen-bond donors (Lipinski definition) is 2. The summed E-state index contributed by atoms with van der Waals surface area (Å²) in [4.78, 5) is 21.2. The van der Waals surface area contributed by atoms with E-state index in [2.05, 4.69) is 27.5 Å². The number of carbonyl (C=O) groups excluding carboxylic acids is 1. The van der Waals surface area contributed by atoms with Crippen LogP contribution in [0.25, 0.3) is 0 Å². The van der Waals surface area contributed by atoms with Gasteiger partial charge in [-0.1, -0.05) is 25.1 Å². The third-order valence-corrected chi connectivity index (χ3v) is 4.68. The first kappa shape index (κ1) is 18.7. The Hall–Kier alpha value is -3.61. The van der Waals surface area contributed by atoms with E-state index >= 15 is 0 Å². The largest absolute Gasteiger partial charge is 0.486 e. The van der Waals surface area contributed by atoms with Gasteiger partial charge in [-0.25, -0.2) is 9.97 Å². The van der Waals surface area contributed by atoms with Gasteiger partial charge < -0.3 is 20.1 Å². The van der Waals surface area contributed by atoms with Gasteiger partial charge in [0.05, 0.1) is 12.4 Å². The van der Waals surface area contributed by atoms with E-state index in [1.54, 1.807) is 0 Å². The lowest BCUT2D eigenvalue weighted by Gasteiger charge is -2.19. The average Bonchev–Trinajstić information content (AvgIpc) is 2.75. The summed E-state index contributed by atoms with van der Waals surface area (Å²) in [6, 6.07) is 11.5. The van der Waals surface area contributed by atoms with Gasteiger partial charge in [-0.15, -0.1) is 0 Å². The first-order valence-corrected chi connectivity index (χ1v) is 9.52. The van der Waals surface area contributed by atoms with Gasteiger partial charge in [-0.2, -0.15) is 0 Å². The molecule has 7 nitrogen and oxygen atoms in total. The third kappa shape index (κ3) is 4.13. The number of carbonyl (C=O) groups is 1. The lowest BCUT2D eigenvalue weighted by Crippen LogP contribution is -2.16. The van der Waals surface area contributed by atoms with Crippen LogP contribution in [0.4, 0.5) is 17.2 Å². The maximum Gasteiger partial charge on any atom is 0.275 e. The van der Waals surface area contributed by atoms with Crippen molar-refractivity contribution in [2.24, 2.45) is 0 Å². The lowest BCUT2D eigenvalue weighted by molar-refractivity contribution is 0.102. The molecule has 7 heteroatoms. The van der Waals surface area contributed by atoms with Crippen LogP contribution in [0.15, 0.2) is 48.8 Å². The molecule has 29 heavy (non-hydrogen) atoms. The van der Waals surface area contributed by atoms with Crippen molar-refractivity contribution in [3.8, 4) is 11.5 Å². The van der Waals surface area contributed by atoms with Gasteiger partial charge in [0, 0.05) is 17.4 Å². The summed E-state index contributed by atoms with van der Waals surface area (Å²) < 4.78 is 11.1. The monoisotopic (exact) mass is 390 g/mol. The summed E-state index contributed by atoms with van der Waals surface area (Å²) in [5, 5.41) is 6.11. The second kappa shape index (κ2) is 8.18. The first-order valence-electron chi connectivity index (χ1n) is 9.52. The van der Waals surface area contributed by atoms with Crippen molar-refractivity contribution < 1.29 is 14.3 Å². The number of fused-ring (bicyclic) bond motifs is 1. The van der Waals surface area contributed by atoms with Gasteiger partial charge in [0.1, 0.15) is 24.7 Å². The number of ether oxygens (including phenoxy) is 2. The maximum absolute atomic E-state index is 12.6. The van der Waals surface area contributed by atoms with Crippen molar-refractivity contribution in [3.05, 3.63) is 65.6 Å². The molecule has 2 N–H and O–H groups in total. The summed E-state index contributed by atoms with van der Waals surface area (Å²) in [6.07, 6.45) is 3.82. The molecule has 0 saturated carbocycles. The van der Waals surface area contributed by atoms with Crippen LogP contribution in [0, 0.1) is 6.92 Å². The maximum atomic E-state index is 12.6. The SMILES string of the molecule is CCc1cccc(C)c1NC(=O)c1cnc(Nc2ccc3c(c2)OCCO3)cn1. The summed E-state index contributed by atoms with van der Waals surface area (Å²) in [6.45, 7) is 5.11. The Labute approximate surface area is 169 Å². The molecule has 0 saturated heterocycles. The Morgan fingerprint density at radius 2 is 1.90 bits per heavy atom. The van der Waals surface area contributed by atoms with Gasteiger partial charge in [0.15, 0.2) is 11.5 Å². The topological polar surface area (TPSA) is 85.4 Å². The van der Waals surface area contributed by atoms with Crippen molar-refractivity contribution in [1.29, 1.82) is 0 Å². The molecular formula is C22H22N4O3. The normalized spacial score (nSPS) is 12.3. The van der Waals surface area contributed by atoms with E-state index in [0.29, 0.717) is 24.8 Å². The highest BCUT2D eigenvalue weighted by Crippen LogP contribution is 2.33. The summed E-state index contributed by atoms with van der Waals surface area (Å²) in [7, 11) is 0. The zero-order chi connectivity index (χ0) is 20.2. The molecule has 1 aliphatic rings. The van der Waals surface area contributed by atoms with Gasteiger partial charge >= 0.3 is 0 Å². The minimum atomic E-state index is -0.285. The van der Waals surface area contributed by atoms with Gasteiger partial charge in [0.2, 0.25) is 0 Å². The van der Waals surface area contributed by atoms with Gasteiger partial charge in [0.25, 0.3) is 5.91 Å². The second-order valence-electron chi connectivity index (χ2n) is 6.69. The number of benzene rings is 2. The van der Waals surface area contributed by atoms with Crippen LogP contribution >= 0.6 is 0 Å². The van der Waals surface area contributed by atoms with Crippen LogP contribution in [0.2, 0.25) is 0 Å². The van der Waals surface area contributed by atoms with Crippen LogP contribution < -0.4 is 20.1 Å². The standard InChI is InChI=1S/C22H22N4O3/c1-3-15-6-4-5-14(2)21(15)26-22(27)17-12-24-20(13-23-17)25-16-7-8-18-19(11-16)29-10-9-28-18/h4-8,11-13H,3,9-10H2,1-2H3,(H,24,25)(H,26,27). The number of para-hydroxylation sites is 1. The minimum Gasteiger partial charge on any atom is -0.486 e. The van der Waals surface area contributed by atoms with E-state index in [-0.39, 0.29) is 11.6 Å². The molecule has 1 aromatic heterocycles. The van der Waals surface area contributed by atoms with E-state index in [9.17, 15) is 4.79 Å². The van der Waals surface area contributed by atoms with Crippen LogP contribution in [-0.2, 0) is 6.42 Å². The van der Waals surface area contributed by atoms with E-state index in [0.717, 1.165) is 34.7 Å². The minimum absolute atomic E-state index is 0.253. The average molecular weight is 390 g/mol. The Morgan fingerprint density at radius 1 is 1.07 bits per heavy atom. The van der Waals surface area contributed by atoms with E-state index in [1.165, 1.54) is 12.4 Å². The van der Waals surface area contributed by atoms with Crippen LogP contribution in [0.1, 0.15) is 28.5 Å². The van der Waals surface area contributed by atoms with E-state index in [1.807, 2.05) is 43.3 Å². The van der Waals surface area contributed by atoms with Crippen LogP contribution in [0.5, 0.6) is 11.5 Å². The fraction of sp³-hybridized carbons (Fsp3) is 0.227. The zero-order valence-electron chi connectivity index (χ0n) is 16.4. The Bertz CT molecular complexity index is 1030. The Morgan fingerprint density at radius 3 is 2.66 bits per heavy atom. The molecule has 0 atom stereocenters. The van der Waals surface area contributed by atoms with Crippen molar-refractivity contribution in [2.75, 3.05) is 23.8 Å². The molecule has 0 radical (unpaired) electrons. The molecule has 3 aromatic rings. The summed E-state index contributed by atoms with van der Waals surface area (Å²) in [5.41, 5.74) is 3.99. The Balaban J connectivity index is 1.46. The van der Waals surface area contributed by atoms with Crippen molar-refractivity contribution >= 4 is 23.1 Å². The number of rotatable bonds is 5.